The summed E-state index contributed by atoms with van der Waals surface area (Å²) >= 11 is 0. The fraction of sp³-hybridized carbons (Fsp3) is 0.250. The van der Waals surface area contributed by atoms with Crippen molar-refractivity contribution >= 4 is 10.1 Å². The van der Waals surface area contributed by atoms with E-state index < -0.39 is 10.1 Å². The van der Waals surface area contributed by atoms with Crippen molar-refractivity contribution in [2.45, 2.75) is 11.8 Å². The zero-order chi connectivity index (χ0) is 9.90. The lowest BCUT2D eigenvalue weighted by Crippen LogP contribution is -1.99. The highest BCUT2D eigenvalue weighted by molar-refractivity contribution is 7.85. The van der Waals surface area contributed by atoms with Crippen LogP contribution in [0.1, 0.15) is 6.92 Å². The molecule has 0 spiro atoms. The van der Waals surface area contributed by atoms with Gasteiger partial charge in [0.2, 0.25) is 0 Å². The maximum absolute atomic E-state index is 10.6. The number of rotatable bonds is 3. The van der Waals surface area contributed by atoms with E-state index in [1.54, 1.807) is 13.0 Å². The Morgan fingerprint density at radius 2 is 2.15 bits per heavy atom. The van der Waals surface area contributed by atoms with Crippen molar-refractivity contribution in [2.75, 3.05) is 6.61 Å². The molecule has 0 aromatic heterocycles. The SMILES string of the molecule is CCOc1cccc(S(=O)(=O)[O-])c1. The summed E-state index contributed by atoms with van der Waals surface area (Å²) in [5.41, 5.74) is 0. The van der Waals surface area contributed by atoms with E-state index in [2.05, 4.69) is 0 Å². The first-order valence-electron chi connectivity index (χ1n) is 3.73. The van der Waals surface area contributed by atoms with Gasteiger partial charge >= 0.3 is 0 Å². The highest BCUT2D eigenvalue weighted by atomic mass is 32.2. The Hall–Kier alpha value is -1.07. The second kappa shape index (κ2) is 3.76. The van der Waals surface area contributed by atoms with Crippen molar-refractivity contribution in [3.05, 3.63) is 24.3 Å². The third-order valence-electron chi connectivity index (χ3n) is 1.41. The van der Waals surface area contributed by atoms with E-state index in [1.807, 2.05) is 0 Å². The highest BCUT2D eigenvalue weighted by Crippen LogP contribution is 2.16. The minimum atomic E-state index is -4.37. The fourth-order valence-corrected chi connectivity index (χ4v) is 1.39. The van der Waals surface area contributed by atoms with Gasteiger partial charge in [-0.3, -0.25) is 0 Å². The summed E-state index contributed by atoms with van der Waals surface area (Å²) in [5, 5.41) is 0. The summed E-state index contributed by atoms with van der Waals surface area (Å²) < 4.78 is 36.8. The lowest BCUT2D eigenvalue weighted by Gasteiger charge is -2.08. The van der Waals surface area contributed by atoms with E-state index in [0.29, 0.717) is 12.4 Å². The molecular weight excluding hydrogens is 192 g/mol. The molecule has 0 atom stereocenters. The van der Waals surface area contributed by atoms with Crippen molar-refractivity contribution in [1.29, 1.82) is 0 Å². The molecule has 5 heteroatoms. The Kier molecular flexibility index (Phi) is 2.90. The maximum Gasteiger partial charge on any atom is 0.124 e. The monoisotopic (exact) mass is 201 g/mol. The van der Waals surface area contributed by atoms with Crippen molar-refractivity contribution in [3.8, 4) is 5.75 Å². The van der Waals surface area contributed by atoms with E-state index in [4.69, 9.17) is 4.74 Å². The quantitative estimate of drug-likeness (QED) is 0.684. The van der Waals surface area contributed by atoms with Crippen molar-refractivity contribution in [3.63, 3.8) is 0 Å². The largest absolute Gasteiger partial charge is 0.744 e. The molecule has 0 saturated carbocycles. The lowest BCUT2D eigenvalue weighted by atomic mass is 10.3. The molecule has 0 aliphatic rings. The Morgan fingerprint density at radius 1 is 1.46 bits per heavy atom. The van der Waals surface area contributed by atoms with Crippen molar-refractivity contribution < 1.29 is 17.7 Å². The van der Waals surface area contributed by atoms with Gasteiger partial charge in [-0.15, -0.1) is 0 Å². The molecule has 72 valence electrons. The molecule has 1 aromatic rings. The molecule has 0 radical (unpaired) electrons. The average Bonchev–Trinajstić information content (AvgIpc) is 2.04. The van der Waals surface area contributed by atoms with Gasteiger partial charge in [-0.2, -0.15) is 0 Å². The molecule has 0 bridgehead atoms. The lowest BCUT2D eigenvalue weighted by molar-refractivity contribution is 0.339. The van der Waals surface area contributed by atoms with E-state index in [1.165, 1.54) is 18.2 Å². The summed E-state index contributed by atoms with van der Waals surface area (Å²) in [6.07, 6.45) is 0. The first kappa shape index (κ1) is 10.0. The van der Waals surface area contributed by atoms with Gasteiger partial charge in [0.1, 0.15) is 15.9 Å². The molecule has 0 saturated heterocycles. The van der Waals surface area contributed by atoms with Crippen LogP contribution in [-0.2, 0) is 10.1 Å². The Morgan fingerprint density at radius 3 is 2.69 bits per heavy atom. The third kappa shape index (κ3) is 2.71. The van der Waals surface area contributed by atoms with Gasteiger partial charge in [0.15, 0.2) is 0 Å². The van der Waals surface area contributed by atoms with Crippen LogP contribution in [0.15, 0.2) is 29.2 Å². The van der Waals surface area contributed by atoms with Crippen LogP contribution in [0.3, 0.4) is 0 Å². The summed E-state index contributed by atoms with van der Waals surface area (Å²) in [4.78, 5) is -0.265. The smallest absolute Gasteiger partial charge is 0.124 e. The Labute approximate surface area is 76.9 Å². The Balaban J connectivity index is 3.06. The van der Waals surface area contributed by atoms with Crippen LogP contribution in [0.2, 0.25) is 0 Å². The molecule has 0 fully saturated rings. The van der Waals surface area contributed by atoms with Gasteiger partial charge in [-0.1, -0.05) is 6.07 Å². The first-order valence-corrected chi connectivity index (χ1v) is 5.13. The normalized spacial score (nSPS) is 11.2. The number of hydrogen-bond acceptors (Lipinski definition) is 4. The molecule has 0 aliphatic heterocycles. The number of benzene rings is 1. The molecule has 0 amide bonds. The summed E-state index contributed by atoms with van der Waals surface area (Å²) in [6, 6.07) is 5.52. The maximum atomic E-state index is 10.6. The molecule has 0 unspecified atom stereocenters. The van der Waals surface area contributed by atoms with E-state index in [0.717, 1.165) is 0 Å². The van der Waals surface area contributed by atoms with Crippen LogP contribution in [0, 0.1) is 0 Å². The Bertz CT molecular complexity index is 383. The molecular formula is C8H9O4S-. The van der Waals surface area contributed by atoms with Gasteiger partial charge in [0.05, 0.1) is 11.5 Å². The minimum absolute atomic E-state index is 0.265. The van der Waals surface area contributed by atoms with Gasteiger partial charge in [0.25, 0.3) is 0 Å². The highest BCUT2D eigenvalue weighted by Gasteiger charge is 2.01. The predicted octanol–water partition coefficient (Wildman–Crippen LogP) is 0.989. The second-order valence-electron chi connectivity index (χ2n) is 2.36. The summed E-state index contributed by atoms with van der Waals surface area (Å²) in [7, 11) is -4.37. The van der Waals surface area contributed by atoms with E-state index >= 15 is 0 Å². The van der Waals surface area contributed by atoms with E-state index in [-0.39, 0.29) is 4.90 Å². The van der Waals surface area contributed by atoms with Crippen molar-refractivity contribution in [1.82, 2.24) is 0 Å². The first-order chi connectivity index (χ1) is 6.04. The van der Waals surface area contributed by atoms with Crippen LogP contribution in [0.25, 0.3) is 0 Å². The number of hydrogen-bond donors (Lipinski definition) is 0. The van der Waals surface area contributed by atoms with Crippen molar-refractivity contribution in [2.24, 2.45) is 0 Å². The predicted molar refractivity (Wildman–Crippen MR) is 45.6 cm³/mol. The molecule has 13 heavy (non-hydrogen) atoms. The molecule has 0 heterocycles. The molecule has 0 aliphatic carbocycles. The minimum Gasteiger partial charge on any atom is -0.744 e. The van der Waals surface area contributed by atoms with Crippen LogP contribution < -0.4 is 4.74 Å². The fourth-order valence-electron chi connectivity index (χ4n) is 0.886. The second-order valence-corrected chi connectivity index (χ2v) is 3.74. The third-order valence-corrected chi connectivity index (χ3v) is 2.24. The number of ether oxygens (including phenoxy) is 1. The average molecular weight is 201 g/mol. The molecule has 1 aromatic carbocycles. The van der Waals surface area contributed by atoms with Gasteiger partial charge in [0, 0.05) is 0 Å². The van der Waals surface area contributed by atoms with Crippen LogP contribution >= 0.6 is 0 Å². The van der Waals surface area contributed by atoms with Gasteiger partial charge in [-0.05, 0) is 25.1 Å². The zero-order valence-corrected chi connectivity index (χ0v) is 7.87. The zero-order valence-electron chi connectivity index (χ0n) is 7.06. The molecule has 4 nitrogen and oxygen atoms in total. The van der Waals surface area contributed by atoms with Gasteiger partial charge < -0.3 is 9.29 Å². The molecule has 0 N–H and O–H groups in total. The molecule has 1 rings (SSSR count). The topological polar surface area (TPSA) is 66.4 Å². The summed E-state index contributed by atoms with van der Waals surface area (Å²) in [6.45, 7) is 2.21. The summed E-state index contributed by atoms with van der Waals surface area (Å²) in [5.74, 6) is 0.388. The van der Waals surface area contributed by atoms with Crippen LogP contribution in [-0.4, -0.2) is 19.6 Å². The van der Waals surface area contributed by atoms with Crippen LogP contribution in [0.5, 0.6) is 5.75 Å². The van der Waals surface area contributed by atoms with Crippen LogP contribution in [0.4, 0.5) is 0 Å². The standard InChI is InChI=1S/C8H10O4S/c1-2-12-7-4-3-5-8(6-7)13(9,10)11/h3-6H,2H2,1H3,(H,9,10,11)/p-1. The van der Waals surface area contributed by atoms with E-state index in [9.17, 15) is 13.0 Å². The van der Waals surface area contributed by atoms with Gasteiger partial charge in [-0.25, -0.2) is 8.42 Å².